The second-order valence-corrected chi connectivity index (χ2v) is 5.47. The normalized spacial score (nSPS) is 24.0. The number of hydrogen-bond acceptors (Lipinski definition) is 3. The molecule has 0 radical (unpaired) electrons. The monoisotopic (exact) mass is 231 g/mol. The van der Waals surface area contributed by atoms with Gasteiger partial charge in [-0.1, -0.05) is 13.3 Å². The zero-order valence-corrected chi connectivity index (χ0v) is 10.9. The largest absolute Gasteiger partial charge is 0.380 e. The third-order valence-corrected chi connectivity index (χ3v) is 4.34. The molecule has 0 aromatic carbocycles. The lowest BCUT2D eigenvalue weighted by Gasteiger charge is -2.30. The van der Waals surface area contributed by atoms with Gasteiger partial charge in [-0.15, -0.1) is 0 Å². The minimum absolute atomic E-state index is 0.565. The van der Waals surface area contributed by atoms with Gasteiger partial charge in [0, 0.05) is 17.9 Å². The van der Waals surface area contributed by atoms with E-state index in [1.54, 1.807) is 0 Å². The Bertz CT molecular complexity index is 141. The van der Waals surface area contributed by atoms with Crippen molar-refractivity contribution in [3.8, 4) is 0 Å². The predicted octanol–water partition coefficient (Wildman–Crippen LogP) is 2.68. The predicted molar refractivity (Wildman–Crippen MR) is 68.7 cm³/mol. The van der Waals surface area contributed by atoms with Crippen LogP contribution in [-0.2, 0) is 4.74 Å². The maximum atomic E-state index is 5.57. The Hall–Kier alpha value is 0.270. The molecule has 0 bridgehead atoms. The van der Waals surface area contributed by atoms with Gasteiger partial charge >= 0.3 is 0 Å². The fourth-order valence-electron chi connectivity index (χ4n) is 1.96. The molecule has 15 heavy (non-hydrogen) atoms. The van der Waals surface area contributed by atoms with Crippen LogP contribution >= 0.6 is 11.8 Å². The summed E-state index contributed by atoms with van der Waals surface area (Å²) in [5.74, 6) is 1.33. The summed E-state index contributed by atoms with van der Waals surface area (Å²) in [7, 11) is 0. The summed E-state index contributed by atoms with van der Waals surface area (Å²) in [5, 5.41) is 4.40. The molecule has 0 amide bonds. The van der Waals surface area contributed by atoms with Crippen LogP contribution in [0.25, 0.3) is 0 Å². The summed E-state index contributed by atoms with van der Waals surface area (Å²) >= 11 is 2.13. The van der Waals surface area contributed by atoms with Crippen molar-refractivity contribution in [3.63, 3.8) is 0 Å². The SMILES string of the molecule is CCCNC(COCC)C1CCCCS1. The lowest BCUT2D eigenvalue weighted by molar-refractivity contribution is 0.120. The quantitative estimate of drug-likeness (QED) is 0.728. The van der Waals surface area contributed by atoms with Crippen molar-refractivity contribution < 1.29 is 4.74 Å². The lowest BCUT2D eigenvalue weighted by Crippen LogP contribution is -2.43. The molecule has 0 saturated carbocycles. The summed E-state index contributed by atoms with van der Waals surface area (Å²) in [6, 6.07) is 0.565. The molecule has 1 aliphatic rings. The van der Waals surface area contributed by atoms with Gasteiger partial charge in [-0.25, -0.2) is 0 Å². The van der Waals surface area contributed by atoms with Crippen LogP contribution in [0.4, 0.5) is 0 Å². The molecule has 0 aromatic heterocycles. The summed E-state index contributed by atoms with van der Waals surface area (Å²) in [5.41, 5.74) is 0. The fourth-order valence-corrected chi connectivity index (χ4v) is 3.37. The van der Waals surface area contributed by atoms with Gasteiger partial charge in [0.05, 0.1) is 6.61 Å². The van der Waals surface area contributed by atoms with Crippen LogP contribution in [0.3, 0.4) is 0 Å². The summed E-state index contributed by atoms with van der Waals surface area (Å²) in [6.07, 6.45) is 5.36. The Balaban J connectivity index is 2.30. The maximum absolute atomic E-state index is 5.57. The van der Waals surface area contributed by atoms with Crippen LogP contribution in [0.5, 0.6) is 0 Å². The molecule has 1 fully saturated rings. The average molecular weight is 231 g/mol. The first kappa shape index (κ1) is 13.3. The first-order valence-corrected chi connectivity index (χ1v) is 7.36. The molecule has 1 saturated heterocycles. The number of hydrogen-bond donors (Lipinski definition) is 1. The Morgan fingerprint density at radius 2 is 2.27 bits per heavy atom. The van der Waals surface area contributed by atoms with Crippen molar-refractivity contribution in [2.24, 2.45) is 0 Å². The van der Waals surface area contributed by atoms with Crippen molar-refractivity contribution in [2.45, 2.75) is 50.8 Å². The van der Waals surface area contributed by atoms with Gasteiger partial charge in [-0.3, -0.25) is 0 Å². The van der Waals surface area contributed by atoms with Crippen LogP contribution in [0.15, 0.2) is 0 Å². The smallest absolute Gasteiger partial charge is 0.0630 e. The molecule has 1 N–H and O–H groups in total. The fraction of sp³-hybridized carbons (Fsp3) is 1.00. The summed E-state index contributed by atoms with van der Waals surface area (Å²) in [4.78, 5) is 0. The van der Waals surface area contributed by atoms with E-state index < -0.39 is 0 Å². The van der Waals surface area contributed by atoms with Crippen LogP contribution in [0.1, 0.15) is 39.5 Å². The Labute approximate surface area is 98.5 Å². The van der Waals surface area contributed by atoms with E-state index in [0.717, 1.165) is 25.0 Å². The van der Waals surface area contributed by atoms with Gasteiger partial charge in [0.15, 0.2) is 0 Å². The summed E-state index contributed by atoms with van der Waals surface area (Å²) in [6.45, 7) is 7.13. The van der Waals surface area contributed by atoms with Crippen LogP contribution in [0, 0.1) is 0 Å². The van der Waals surface area contributed by atoms with Gasteiger partial charge in [0.1, 0.15) is 0 Å². The second kappa shape index (κ2) is 8.43. The highest BCUT2D eigenvalue weighted by molar-refractivity contribution is 8.00. The van der Waals surface area contributed by atoms with Gasteiger partial charge in [-0.05, 0) is 38.5 Å². The second-order valence-electron chi connectivity index (χ2n) is 4.13. The van der Waals surface area contributed by atoms with Crippen LogP contribution in [0.2, 0.25) is 0 Å². The molecule has 2 unspecified atom stereocenters. The third kappa shape index (κ3) is 5.23. The first-order chi connectivity index (χ1) is 7.38. The maximum Gasteiger partial charge on any atom is 0.0630 e. The van der Waals surface area contributed by atoms with Crippen molar-refractivity contribution >= 4 is 11.8 Å². The van der Waals surface area contributed by atoms with Crippen molar-refractivity contribution in [3.05, 3.63) is 0 Å². The molecule has 0 spiro atoms. The Morgan fingerprint density at radius 3 is 2.87 bits per heavy atom. The van der Waals surface area contributed by atoms with Gasteiger partial charge in [-0.2, -0.15) is 11.8 Å². The van der Waals surface area contributed by atoms with Crippen LogP contribution in [-0.4, -0.2) is 36.8 Å². The van der Waals surface area contributed by atoms with Crippen LogP contribution < -0.4 is 5.32 Å². The van der Waals surface area contributed by atoms with E-state index in [2.05, 4.69) is 30.9 Å². The van der Waals surface area contributed by atoms with E-state index in [1.165, 1.54) is 31.4 Å². The van der Waals surface area contributed by atoms with Crippen molar-refractivity contribution in [2.75, 3.05) is 25.5 Å². The minimum Gasteiger partial charge on any atom is -0.380 e. The third-order valence-electron chi connectivity index (χ3n) is 2.82. The molecular formula is C12H25NOS. The highest BCUT2D eigenvalue weighted by atomic mass is 32.2. The van der Waals surface area contributed by atoms with Gasteiger partial charge in [0.2, 0.25) is 0 Å². The molecule has 3 heteroatoms. The summed E-state index contributed by atoms with van der Waals surface area (Å²) < 4.78 is 5.57. The minimum atomic E-state index is 0.565. The van der Waals surface area contributed by atoms with E-state index in [9.17, 15) is 0 Å². The van der Waals surface area contributed by atoms with E-state index >= 15 is 0 Å². The molecule has 90 valence electrons. The topological polar surface area (TPSA) is 21.3 Å². The van der Waals surface area contributed by atoms with Crippen molar-refractivity contribution in [1.29, 1.82) is 0 Å². The Kier molecular flexibility index (Phi) is 7.49. The highest BCUT2D eigenvalue weighted by Crippen LogP contribution is 2.27. The molecule has 0 aromatic rings. The zero-order chi connectivity index (χ0) is 10.9. The molecular weight excluding hydrogens is 206 g/mol. The van der Waals surface area contributed by atoms with Gasteiger partial charge < -0.3 is 10.1 Å². The first-order valence-electron chi connectivity index (χ1n) is 6.31. The van der Waals surface area contributed by atoms with E-state index in [-0.39, 0.29) is 0 Å². The number of ether oxygens (including phenoxy) is 1. The van der Waals surface area contributed by atoms with E-state index in [1.807, 2.05) is 0 Å². The number of thioether (sulfide) groups is 1. The van der Waals surface area contributed by atoms with Crippen molar-refractivity contribution in [1.82, 2.24) is 5.32 Å². The molecule has 1 aliphatic heterocycles. The van der Waals surface area contributed by atoms with E-state index in [4.69, 9.17) is 4.74 Å². The zero-order valence-electron chi connectivity index (χ0n) is 10.1. The molecule has 1 rings (SSSR count). The Morgan fingerprint density at radius 1 is 1.40 bits per heavy atom. The average Bonchev–Trinajstić information content (AvgIpc) is 2.30. The standard InChI is InChI=1S/C12H25NOS/c1-3-8-13-11(10-14-4-2)12-7-5-6-9-15-12/h11-13H,3-10H2,1-2H3. The van der Waals surface area contributed by atoms with E-state index in [0.29, 0.717) is 6.04 Å². The highest BCUT2D eigenvalue weighted by Gasteiger charge is 2.23. The molecule has 1 heterocycles. The number of nitrogens with one attached hydrogen (secondary N) is 1. The lowest BCUT2D eigenvalue weighted by atomic mass is 10.1. The molecule has 0 aliphatic carbocycles. The number of rotatable bonds is 7. The van der Waals surface area contributed by atoms with Gasteiger partial charge in [0.25, 0.3) is 0 Å². The molecule has 2 atom stereocenters. The molecule has 2 nitrogen and oxygen atoms in total.